The first-order valence-electron chi connectivity index (χ1n) is 16.4. The van der Waals surface area contributed by atoms with Gasteiger partial charge in [0, 0.05) is 30.8 Å². The van der Waals surface area contributed by atoms with Crippen molar-refractivity contribution in [3.8, 4) is 0 Å². The third-order valence-electron chi connectivity index (χ3n) is 9.77. The Morgan fingerprint density at radius 1 is 0.227 bits per heavy atom. The summed E-state index contributed by atoms with van der Waals surface area (Å²) in [5.41, 5.74) is 0. The van der Waals surface area contributed by atoms with E-state index in [0.717, 1.165) is 0 Å². The van der Waals surface area contributed by atoms with Crippen molar-refractivity contribution >= 4 is 33.4 Å². The van der Waals surface area contributed by atoms with Crippen LogP contribution in [0.25, 0.3) is 0 Å². The van der Waals surface area contributed by atoms with Crippen LogP contribution < -0.4 is 0 Å². The molecule has 0 heterocycles. The second-order valence-corrected chi connectivity index (χ2v) is 40.1. The fourth-order valence-electron chi connectivity index (χ4n) is 10.1. The second-order valence-electron chi connectivity index (χ2n) is 22.4. The molecule has 8 heteroatoms. The molecule has 0 aromatic carbocycles. The van der Waals surface area contributed by atoms with Crippen LogP contribution >= 0.6 is 0 Å². The topological polar surface area (TPSA) is 60.7 Å². The number of hydrogen-bond donors (Lipinski definition) is 3. The monoisotopic (exact) mass is 841 g/mol. The molecule has 3 N–H and O–H groups in total. The van der Waals surface area contributed by atoms with Crippen LogP contribution in [0.15, 0.2) is 0 Å². The molecule has 0 spiro atoms. The molecule has 4 radical (unpaired) electrons. The first kappa shape index (κ1) is 54.8. The van der Waals surface area contributed by atoms with Crippen molar-refractivity contribution in [1.82, 2.24) is 0 Å². The minimum atomic E-state index is -2.35. The Balaban J connectivity index is -0.000000169. The van der Waals surface area contributed by atoms with Crippen LogP contribution in [0.5, 0.6) is 0 Å². The molecule has 0 aromatic rings. The largest absolute Gasteiger partial charge is 0.430 e. The van der Waals surface area contributed by atoms with Crippen LogP contribution in [0.2, 0.25) is 45.3 Å². The number of hydrogen-bond acceptors (Lipinski definition) is 3. The zero-order valence-electron chi connectivity index (χ0n) is 35.4. The van der Waals surface area contributed by atoms with Crippen LogP contribution in [0.1, 0.15) is 187 Å². The summed E-state index contributed by atoms with van der Waals surface area (Å²) in [6.45, 7) is 58.8. The van der Waals surface area contributed by atoms with Gasteiger partial charge in [0.05, 0.1) is 0 Å². The normalized spacial score (nSPS) is 15.1. The Morgan fingerprint density at radius 3 is 0.273 bits per heavy atom. The van der Waals surface area contributed by atoms with Gasteiger partial charge >= 0.3 is 0 Å². The van der Waals surface area contributed by atoms with Crippen molar-refractivity contribution in [2.75, 3.05) is 0 Å². The Hall–Kier alpha value is 1.34. The second kappa shape index (κ2) is 15.5. The maximum atomic E-state index is 11.2. The van der Waals surface area contributed by atoms with E-state index in [9.17, 15) is 14.4 Å². The van der Waals surface area contributed by atoms with Crippen molar-refractivity contribution in [2.45, 2.75) is 232 Å². The molecule has 44 heavy (non-hydrogen) atoms. The van der Waals surface area contributed by atoms with Crippen molar-refractivity contribution < 1.29 is 36.8 Å². The van der Waals surface area contributed by atoms with Crippen molar-refractivity contribution in [3.05, 3.63) is 0 Å². The van der Waals surface area contributed by atoms with E-state index in [1.54, 1.807) is 0 Å². The summed E-state index contributed by atoms with van der Waals surface area (Å²) in [6, 6.07) is 0. The summed E-state index contributed by atoms with van der Waals surface area (Å²) in [5.74, 6) is 0. The fraction of sp³-hybridized carbons (Fsp3) is 1.00. The van der Waals surface area contributed by atoms with Gasteiger partial charge in [-0.25, -0.2) is 0 Å². The standard InChI is InChI=1S/3C12H28OSi.B.Ta/c3*1-10(2,3)14(13,11(4,5)6)12(7,8)9;;/h3*13H,1-9H3;;. The summed E-state index contributed by atoms with van der Waals surface area (Å²) in [5, 5.41) is 0.156. The van der Waals surface area contributed by atoms with E-state index >= 15 is 0 Å². The molecule has 0 unspecified atom stereocenters. The summed E-state index contributed by atoms with van der Waals surface area (Å²) in [4.78, 5) is 33.5. The van der Waals surface area contributed by atoms with Gasteiger partial charge in [-0.1, -0.05) is 187 Å². The van der Waals surface area contributed by atoms with Crippen LogP contribution in [0, 0.1) is 0 Å². The zero-order chi connectivity index (χ0) is 36.0. The van der Waals surface area contributed by atoms with Crippen molar-refractivity contribution in [2.24, 2.45) is 0 Å². The summed E-state index contributed by atoms with van der Waals surface area (Å²) >= 11 is 0. The molecule has 0 aromatic heterocycles. The third-order valence-corrected chi connectivity index (χ3v) is 29.3. The molecule has 0 bridgehead atoms. The van der Waals surface area contributed by atoms with E-state index in [1.165, 1.54) is 0 Å². The van der Waals surface area contributed by atoms with Crippen LogP contribution in [0.4, 0.5) is 0 Å². The maximum Gasteiger partial charge on any atom is 0.204 e. The molecule has 0 aliphatic rings. The summed E-state index contributed by atoms with van der Waals surface area (Å²) in [7, 11) is -7.06. The third kappa shape index (κ3) is 11.5. The average molecular weight is 841 g/mol. The molecule has 3 nitrogen and oxygen atoms in total. The van der Waals surface area contributed by atoms with Gasteiger partial charge in [-0.3, -0.25) is 0 Å². The van der Waals surface area contributed by atoms with Gasteiger partial charge in [0.15, 0.2) is 0 Å². The quantitative estimate of drug-likeness (QED) is 0.213. The molecule has 0 saturated carbocycles. The Kier molecular flexibility index (Phi) is 19.3. The van der Waals surface area contributed by atoms with E-state index in [1.807, 2.05) is 0 Å². The molecule has 0 saturated heterocycles. The number of rotatable bonds is 0. The van der Waals surface area contributed by atoms with Crippen LogP contribution in [-0.2, 0) is 22.4 Å². The van der Waals surface area contributed by atoms with Gasteiger partial charge in [-0.15, -0.1) is 0 Å². The smallest absolute Gasteiger partial charge is 0.204 e. The molecule has 0 fully saturated rings. The summed E-state index contributed by atoms with van der Waals surface area (Å²) in [6.07, 6.45) is 0. The van der Waals surface area contributed by atoms with Crippen molar-refractivity contribution in [1.29, 1.82) is 0 Å². The predicted molar refractivity (Wildman–Crippen MR) is 207 cm³/mol. The molecular weight excluding hydrogens is 756 g/mol. The zero-order valence-corrected chi connectivity index (χ0v) is 41.6. The molecule has 0 aliphatic heterocycles. The van der Waals surface area contributed by atoms with Crippen LogP contribution in [-0.4, -0.2) is 47.8 Å². The van der Waals surface area contributed by atoms with E-state index in [4.69, 9.17) is 0 Å². The maximum absolute atomic E-state index is 11.2. The van der Waals surface area contributed by atoms with E-state index in [-0.39, 0.29) is 76.1 Å². The average Bonchev–Trinajstić information content (AvgIpc) is 2.58. The van der Waals surface area contributed by atoms with Gasteiger partial charge in [-0.2, -0.15) is 0 Å². The van der Waals surface area contributed by atoms with Crippen molar-refractivity contribution in [3.63, 3.8) is 0 Å². The first-order chi connectivity index (χ1) is 17.2. The van der Waals surface area contributed by atoms with Gasteiger partial charge < -0.3 is 14.4 Å². The first-order valence-corrected chi connectivity index (χ1v) is 22.3. The predicted octanol–water partition coefficient (Wildman–Crippen LogP) is 12.6. The van der Waals surface area contributed by atoms with Crippen LogP contribution in [0.3, 0.4) is 0 Å². The fourth-order valence-corrected chi connectivity index (χ4v) is 30.4. The Labute approximate surface area is 300 Å². The molecule has 0 rings (SSSR count). The van der Waals surface area contributed by atoms with E-state index < -0.39 is 25.0 Å². The molecule has 0 amide bonds. The summed E-state index contributed by atoms with van der Waals surface area (Å²) < 4.78 is 0. The van der Waals surface area contributed by atoms with Gasteiger partial charge in [0.25, 0.3) is 0 Å². The van der Waals surface area contributed by atoms with Gasteiger partial charge in [0.2, 0.25) is 25.0 Å². The molecular formula is C36H84BO3Si3Ta. The minimum Gasteiger partial charge on any atom is -0.430 e. The van der Waals surface area contributed by atoms with Gasteiger partial charge in [-0.05, 0) is 45.3 Å². The van der Waals surface area contributed by atoms with E-state index in [0.29, 0.717) is 0 Å². The minimum absolute atomic E-state index is 0. The van der Waals surface area contributed by atoms with E-state index in [2.05, 4.69) is 187 Å². The van der Waals surface area contributed by atoms with Gasteiger partial charge in [0.1, 0.15) is 0 Å². The molecule has 266 valence electrons. The SMILES string of the molecule is CC(C)(C)[Si](O)(C(C)(C)C)C(C)(C)C.CC(C)(C)[Si](O)(C(C)(C)C)C(C)(C)C.CC(C)(C)[Si](O)(C(C)(C)C)C(C)(C)C.[B].[Ta]. The molecule has 0 atom stereocenters. The Bertz CT molecular complexity index is 619. The Morgan fingerprint density at radius 2 is 0.273 bits per heavy atom. The molecule has 0 aliphatic carbocycles.